The zero-order valence-corrected chi connectivity index (χ0v) is 8.55. The first-order valence-electron chi connectivity index (χ1n) is 3.18. The predicted molar refractivity (Wildman–Crippen MR) is 45.2 cm³/mol. The Morgan fingerprint density at radius 3 is 3.00 bits per heavy atom. The van der Waals surface area contributed by atoms with E-state index in [-0.39, 0.29) is 26.0 Å². The van der Waals surface area contributed by atoms with Gasteiger partial charge in [-0.1, -0.05) is 13.0 Å². The van der Waals surface area contributed by atoms with Crippen molar-refractivity contribution in [2.24, 2.45) is 0 Å². The Morgan fingerprint density at radius 1 is 1.50 bits per heavy atom. The molecule has 0 aliphatic rings. The van der Waals surface area contributed by atoms with E-state index < -0.39 is 0 Å². The van der Waals surface area contributed by atoms with Crippen LogP contribution in [0.25, 0.3) is 5.52 Å². The normalized spacial score (nSPS) is 8.75. The Labute approximate surface area is 84.5 Å². The molecule has 2 heterocycles. The monoisotopic (exact) mass is 197 g/mol. The van der Waals surface area contributed by atoms with Crippen LogP contribution in [0.1, 0.15) is 5.56 Å². The predicted octanol–water partition coefficient (Wildman–Crippen LogP) is 1.89. The van der Waals surface area contributed by atoms with E-state index in [0.717, 1.165) is 5.52 Å². The summed E-state index contributed by atoms with van der Waals surface area (Å²) in [7, 11) is 0. The van der Waals surface area contributed by atoms with Gasteiger partial charge in [0.2, 0.25) is 0 Å². The fourth-order valence-electron chi connectivity index (χ4n) is 0.964. The van der Waals surface area contributed by atoms with Crippen LogP contribution in [-0.4, -0.2) is 9.61 Å². The second kappa shape index (κ2) is 4.34. The van der Waals surface area contributed by atoms with Gasteiger partial charge in [0, 0.05) is 6.20 Å². The molecule has 0 saturated heterocycles. The van der Waals surface area contributed by atoms with E-state index in [9.17, 15) is 0 Å². The number of rotatable bonds is 0. The van der Waals surface area contributed by atoms with Crippen LogP contribution >= 0.6 is 0 Å². The quantitative estimate of drug-likeness (QED) is 0.589. The second-order valence-corrected chi connectivity index (χ2v) is 2.32. The van der Waals surface area contributed by atoms with Gasteiger partial charge in [-0.3, -0.25) is 4.52 Å². The van der Waals surface area contributed by atoms with Gasteiger partial charge in [0.1, 0.15) is 0 Å². The summed E-state index contributed by atoms with van der Waals surface area (Å²) in [6.45, 7) is 2.06. The summed E-state index contributed by atoms with van der Waals surface area (Å²) in [6.07, 6.45) is 3.61. The summed E-state index contributed by atoms with van der Waals surface area (Å²) in [5.74, 6) is 0. The molecule has 2 aromatic heterocycles. The first-order chi connectivity index (χ1) is 4.86. The van der Waals surface area contributed by atoms with E-state index >= 15 is 0 Å². The average Bonchev–Trinajstić information content (AvgIpc) is 2.33. The molecule has 3 heteroatoms. The summed E-state index contributed by atoms with van der Waals surface area (Å²) in [5.41, 5.74) is 2.27. The van der Waals surface area contributed by atoms with Crippen LogP contribution in [0.4, 0.5) is 0 Å². The largest absolute Gasteiger partial charge is 2.00 e. The van der Waals surface area contributed by atoms with Crippen LogP contribution < -0.4 is 0 Å². The smallest absolute Gasteiger partial charge is 0.358 e. The van der Waals surface area contributed by atoms with Crippen LogP contribution in [0.5, 0.6) is 0 Å². The number of nitrogens with zero attached hydrogens (tertiary/aromatic N) is 2. The average molecular weight is 197 g/mol. The molecular weight excluding hydrogens is 187 g/mol. The van der Waals surface area contributed by atoms with Crippen LogP contribution in [0.2, 0.25) is 0 Å². The maximum absolute atomic E-state index is 4.02. The number of aromatic nitrogens is 2. The molecule has 0 amide bonds. The Balaban J connectivity index is 0.000000605. The van der Waals surface area contributed by atoms with Crippen molar-refractivity contribution in [1.82, 2.24) is 9.61 Å². The number of aryl methyl sites for hydroxylation is 1. The van der Waals surface area contributed by atoms with Gasteiger partial charge in [-0.25, -0.2) is 11.2 Å². The van der Waals surface area contributed by atoms with Crippen LogP contribution in [0.3, 0.4) is 0 Å². The molecule has 2 rings (SSSR count). The summed E-state index contributed by atoms with van der Waals surface area (Å²) >= 11 is 0. The van der Waals surface area contributed by atoms with Gasteiger partial charge < -0.3 is 7.43 Å². The van der Waals surface area contributed by atoms with Crippen LogP contribution in [0, 0.1) is 20.4 Å². The van der Waals surface area contributed by atoms with Crippen LogP contribution in [-0.2, 0) is 18.6 Å². The summed E-state index contributed by atoms with van der Waals surface area (Å²) in [4.78, 5) is 0. The van der Waals surface area contributed by atoms with Crippen molar-refractivity contribution >= 4 is 5.52 Å². The third-order valence-corrected chi connectivity index (χ3v) is 1.48. The van der Waals surface area contributed by atoms with Crippen molar-refractivity contribution in [1.29, 1.82) is 0 Å². The minimum absolute atomic E-state index is 0. The summed E-state index contributed by atoms with van der Waals surface area (Å²) in [6, 6.07) is 7.08. The van der Waals surface area contributed by atoms with Crippen molar-refractivity contribution in [3.05, 3.63) is 43.6 Å². The maximum Gasteiger partial charge on any atom is 2.00 e. The molecule has 61 valence electrons. The van der Waals surface area contributed by atoms with E-state index in [1.54, 1.807) is 10.7 Å². The molecule has 0 N–H and O–H groups in total. The zero-order valence-electron chi connectivity index (χ0n) is 7.15. The Kier molecular flexibility index (Phi) is 4.07. The number of pyridine rings is 1. The zero-order chi connectivity index (χ0) is 6.97. The standard InChI is InChI=1S/C8H7N2.CH3.V/c1-7-3-5-10-8(6-7)2-4-9-10;;/h3-6H,1H3;1H3;/q2*-1;+2. The molecule has 0 atom stereocenters. The van der Waals surface area contributed by atoms with Gasteiger partial charge in [-0.2, -0.15) is 6.07 Å². The van der Waals surface area contributed by atoms with Gasteiger partial charge in [0.15, 0.2) is 0 Å². The molecule has 0 spiro atoms. The van der Waals surface area contributed by atoms with E-state index in [0.29, 0.717) is 0 Å². The van der Waals surface area contributed by atoms with E-state index in [1.807, 2.05) is 18.3 Å². The molecule has 2 nitrogen and oxygen atoms in total. The Morgan fingerprint density at radius 2 is 2.25 bits per heavy atom. The second-order valence-electron chi connectivity index (χ2n) is 2.32. The molecule has 0 aliphatic heterocycles. The van der Waals surface area contributed by atoms with Crippen molar-refractivity contribution in [2.45, 2.75) is 6.92 Å². The van der Waals surface area contributed by atoms with E-state index in [2.05, 4.69) is 18.1 Å². The molecule has 1 radical (unpaired) electrons. The SMILES string of the molecule is Cc1ccn2nc[c-]c2c1.[CH3-].[V+2]. The fraction of sp³-hybridized carbons (Fsp3) is 0.111. The molecule has 0 fully saturated rings. The van der Waals surface area contributed by atoms with E-state index in [1.165, 1.54) is 5.56 Å². The minimum atomic E-state index is 0. The fourth-order valence-corrected chi connectivity index (χ4v) is 0.964. The van der Waals surface area contributed by atoms with Crippen molar-refractivity contribution in [2.75, 3.05) is 0 Å². The third-order valence-electron chi connectivity index (χ3n) is 1.48. The number of hydrogen-bond acceptors (Lipinski definition) is 1. The number of fused-ring (bicyclic) bond motifs is 1. The Hall–Kier alpha value is -0.726. The first-order valence-corrected chi connectivity index (χ1v) is 3.18. The van der Waals surface area contributed by atoms with Gasteiger partial charge in [0.05, 0.1) is 0 Å². The Bertz CT molecular complexity index is 354. The number of hydrogen-bond donors (Lipinski definition) is 0. The molecule has 0 unspecified atom stereocenters. The summed E-state index contributed by atoms with van der Waals surface area (Å²) < 4.78 is 1.80. The molecule has 0 saturated carbocycles. The van der Waals surface area contributed by atoms with Crippen molar-refractivity contribution in [3.8, 4) is 0 Å². The molecule has 2 aromatic rings. The minimum Gasteiger partial charge on any atom is -0.358 e. The van der Waals surface area contributed by atoms with Crippen LogP contribution in [0.15, 0.2) is 24.5 Å². The summed E-state index contributed by atoms with van der Waals surface area (Å²) in [5, 5.41) is 4.02. The van der Waals surface area contributed by atoms with Gasteiger partial charge >= 0.3 is 18.6 Å². The molecule has 0 aromatic carbocycles. The van der Waals surface area contributed by atoms with Crippen molar-refractivity contribution < 1.29 is 18.6 Å². The van der Waals surface area contributed by atoms with Gasteiger partial charge in [-0.15, -0.1) is 11.1 Å². The topological polar surface area (TPSA) is 17.3 Å². The molecule has 0 aliphatic carbocycles. The molecule has 0 bridgehead atoms. The maximum atomic E-state index is 4.02. The van der Waals surface area contributed by atoms with Gasteiger partial charge in [0.25, 0.3) is 0 Å². The van der Waals surface area contributed by atoms with Gasteiger partial charge in [-0.05, 0) is 6.20 Å². The van der Waals surface area contributed by atoms with E-state index in [4.69, 9.17) is 0 Å². The first kappa shape index (κ1) is 11.3. The third kappa shape index (κ3) is 1.90. The molecular formula is C9H10N2V. The molecule has 12 heavy (non-hydrogen) atoms. The van der Waals surface area contributed by atoms with Crippen molar-refractivity contribution in [3.63, 3.8) is 0 Å².